The fraction of sp³-hybridized carbons (Fsp3) is 0.455. The van der Waals surface area contributed by atoms with Gasteiger partial charge >= 0.3 is 6.03 Å². The lowest BCUT2D eigenvalue weighted by Crippen LogP contribution is -2.50. The Morgan fingerprint density at radius 2 is 1.80 bits per heavy atom. The second kappa shape index (κ2) is 9.56. The molecule has 0 spiro atoms. The number of aryl methyl sites for hydroxylation is 2. The molecule has 0 aliphatic carbocycles. The van der Waals surface area contributed by atoms with E-state index in [9.17, 15) is 4.79 Å². The summed E-state index contributed by atoms with van der Waals surface area (Å²) in [4.78, 5) is 21.3. The van der Waals surface area contributed by atoms with Crippen molar-refractivity contribution in [1.82, 2.24) is 9.88 Å². The van der Waals surface area contributed by atoms with Crippen molar-refractivity contribution in [2.75, 3.05) is 57.7 Å². The predicted molar refractivity (Wildman–Crippen MR) is 117 cm³/mol. The molecule has 1 fully saturated rings. The van der Waals surface area contributed by atoms with Crippen LogP contribution in [0.1, 0.15) is 18.2 Å². The molecule has 3 rings (SSSR count). The molecule has 0 radical (unpaired) electrons. The van der Waals surface area contributed by atoms with E-state index in [1.54, 1.807) is 26.2 Å². The highest BCUT2D eigenvalue weighted by molar-refractivity contribution is 5.91. The van der Waals surface area contributed by atoms with Gasteiger partial charge in [0.2, 0.25) is 5.88 Å². The lowest BCUT2D eigenvalue weighted by molar-refractivity contribution is 0.208. The van der Waals surface area contributed by atoms with Crippen LogP contribution >= 0.6 is 0 Å². The molecule has 8 nitrogen and oxygen atoms in total. The van der Waals surface area contributed by atoms with E-state index in [2.05, 4.69) is 22.1 Å². The number of ether oxygens (including phenoxy) is 3. The zero-order chi connectivity index (χ0) is 21.7. The van der Waals surface area contributed by atoms with Gasteiger partial charge in [0.1, 0.15) is 17.2 Å². The number of benzene rings is 1. The Labute approximate surface area is 177 Å². The molecule has 1 aromatic heterocycles. The molecular weight excluding hydrogens is 384 g/mol. The van der Waals surface area contributed by atoms with Crippen molar-refractivity contribution in [3.8, 4) is 17.4 Å². The number of piperazine rings is 1. The molecule has 0 saturated carbocycles. The molecule has 0 bridgehead atoms. The van der Waals surface area contributed by atoms with E-state index in [1.807, 2.05) is 31.2 Å². The number of methoxy groups -OCH3 is 3. The Kier molecular flexibility index (Phi) is 6.87. The Morgan fingerprint density at radius 1 is 1.07 bits per heavy atom. The minimum Gasteiger partial charge on any atom is -0.497 e. The largest absolute Gasteiger partial charge is 0.497 e. The molecule has 1 aliphatic heterocycles. The number of rotatable bonds is 6. The first-order chi connectivity index (χ1) is 14.5. The molecule has 1 N–H and O–H groups in total. The Bertz CT molecular complexity index is 895. The van der Waals surface area contributed by atoms with Crippen molar-refractivity contribution >= 4 is 17.4 Å². The number of nitrogens with zero attached hydrogens (tertiary/aromatic N) is 3. The van der Waals surface area contributed by atoms with Crippen molar-refractivity contribution in [2.24, 2.45) is 0 Å². The minimum atomic E-state index is -0.151. The van der Waals surface area contributed by atoms with Crippen molar-refractivity contribution < 1.29 is 19.0 Å². The first-order valence-corrected chi connectivity index (χ1v) is 10.1. The summed E-state index contributed by atoms with van der Waals surface area (Å²) in [5.41, 5.74) is 3.59. The van der Waals surface area contributed by atoms with Crippen LogP contribution in [0, 0.1) is 6.92 Å². The quantitative estimate of drug-likeness (QED) is 0.781. The number of nitrogens with one attached hydrogen (secondary N) is 1. The summed E-state index contributed by atoms with van der Waals surface area (Å²) in [5, 5.41) is 2.97. The van der Waals surface area contributed by atoms with Crippen LogP contribution in [0.25, 0.3) is 0 Å². The lowest BCUT2D eigenvalue weighted by Gasteiger charge is -2.36. The Hall–Kier alpha value is -3.16. The van der Waals surface area contributed by atoms with E-state index in [0.717, 1.165) is 34.9 Å². The number of anilines is 2. The second-order valence-electron chi connectivity index (χ2n) is 7.09. The number of hydrogen-bond donors (Lipinski definition) is 1. The number of pyridine rings is 1. The van der Waals surface area contributed by atoms with E-state index >= 15 is 0 Å². The maximum atomic E-state index is 12.8. The van der Waals surface area contributed by atoms with E-state index < -0.39 is 0 Å². The van der Waals surface area contributed by atoms with E-state index in [4.69, 9.17) is 14.2 Å². The number of hydrogen-bond acceptors (Lipinski definition) is 6. The maximum absolute atomic E-state index is 12.8. The smallest absolute Gasteiger partial charge is 0.322 e. The van der Waals surface area contributed by atoms with Crippen LogP contribution in [0.2, 0.25) is 0 Å². The van der Waals surface area contributed by atoms with Crippen molar-refractivity contribution in [3.05, 3.63) is 35.5 Å². The maximum Gasteiger partial charge on any atom is 0.322 e. The third-order valence-corrected chi connectivity index (χ3v) is 5.39. The van der Waals surface area contributed by atoms with Crippen LogP contribution in [0.3, 0.4) is 0 Å². The van der Waals surface area contributed by atoms with Crippen LogP contribution in [0.15, 0.2) is 24.3 Å². The first-order valence-electron chi connectivity index (χ1n) is 10.1. The SMILES string of the molecule is CCc1cc(NC(=O)N2CCN(c3ccc(OC)cc3OC)CC2)c(OC)nc1C. The average molecular weight is 415 g/mol. The van der Waals surface area contributed by atoms with Gasteiger partial charge in [-0.05, 0) is 37.1 Å². The van der Waals surface area contributed by atoms with Gasteiger partial charge in [0.15, 0.2) is 0 Å². The highest BCUT2D eigenvalue weighted by Crippen LogP contribution is 2.33. The molecule has 0 atom stereocenters. The van der Waals surface area contributed by atoms with Gasteiger partial charge < -0.3 is 29.3 Å². The fourth-order valence-corrected chi connectivity index (χ4v) is 3.62. The first kappa shape index (κ1) is 21.5. The molecular formula is C22H30N4O4. The molecule has 1 aromatic carbocycles. The number of carbonyl (C=O) groups is 1. The standard InChI is InChI=1S/C22H30N4O4/c1-6-16-13-18(21(30-5)23-15(16)2)24-22(27)26-11-9-25(10-12-26)19-8-7-17(28-3)14-20(19)29-4/h7-8,13-14H,6,9-12H2,1-5H3,(H,24,27). The normalized spacial score (nSPS) is 13.8. The summed E-state index contributed by atoms with van der Waals surface area (Å²) in [7, 11) is 4.84. The van der Waals surface area contributed by atoms with Crippen LogP contribution in [0.5, 0.6) is 17.4 Å². The second-order valence-corrected chi connectivity index (χ2v) is 7.09. The minimum absolute atomic E-state index is 0.151. The average Bonchev–Trinajstić information content (AvgIpc) is 2.79. The number of amides is 2. The van der Waals surface area contributed by atoms with Gasteiger partial charge in [-0.2, -0.15) is 0 Å². The van der Waals surface area contributed by atoms with Gasteiger partial charge in [0.05, 0.1) is 27.0 Å². The van der Waals surface area contributed by atoms with Crippen LogP contribution in [-0.2, 0) is 6.42 Å². The highest BCUT2D eigenvalue weighted by atomic mass is 16.5. The Morgan fingerprint density at radius 3 is 2.40 bits per heavy atom. The highest BCUT2D eigenvalue weighted by Gasteiger charge is 2.24. The molecule has 0 unspecified atom stereocenters. The van der Waals surface area contributed by atoms with Crippen molar-refractivity contribution in [3.63, 3.8) is 0 Å². The number of urea groups is 1. The lowest BCUT2D eigenvalue weighted by atomic mass is 10.1. The molecule has 162 valence electrons. The molecule has 2 amide bonds. The van der Waals surface area contributed by atoms with Crippen LogP contribution in [-0.4, -0.2) is 63.4 Å². The summed E-state index contributed by atoms with van der Waals surface area (Å²) < 4.78 is 16.1. The Balaban J connectivity index is 1.66. The van der Waals surface area contributed by atoms with E-state index in [1.165, 1.54) is 0 Å². The van der Waals surface area contributed by atoms with Gasteiger partial charge in [0.25, 0.3) is 0 Å². The molecule has 1 aliphatic rings. The molecule has 8 heteroatoms. The predicted octanol–water partition coefficient (Wildman–Crippen LogP) is 3.33. The molecule has 2 heterocycles. The number of carbonyl (C=O) groups excluding carboxylic acids is 1. The van der Waals surface area contributed by atoms with Crippen LogP contribution in [0.4, 0.5) is 16.2 Å². The number of aromatic nitrogens is 1. The van der Waals surface area contributed by atoms with Crippen LogP contribution < -0.4 is 24.4 Å². The van der Waals surface area contributed by atoms with Crippen molar-refractivity contribution in [1.29, 1.82) is 0 Å². The molecule has 1 saturated heterocycles. The summed E-state index contributed by atoms with van der Waals surface area (Å²) >= 11 is 0. The van der Waals surface area contributed by atoms with Gasteiger partial charge in [-0.3, -0.25) is 0 Å². The van der Waals surface area contributed by atoms with Gasteiger partial charge in [-0.15, -0.1) is 0 Å². The van der Waals surface area contributed by atoms with Gasteiger partial charge in [0, 0.05) is 37.9 Å². The van der Waals surface area contributed by atoms with Gasteiger partial charge in [-0.1, -0.05) is 6.92 Å². The van der Waals surface area contributed by atoms with Gasteiger partial charge in [-0.25, -0.2) is 9.78 Å². The van der Waals surface area contributed by atoms with E-state index in [0.29, 0.717) is 37.7 Å². The zero-order valence-electron chi connectivity index (χ0n) is 18.3. The van der Waals surface area contributed by atoms with Crippen molar-refractivity contribution in [2.45, 2.75) is 20.3 Å². The monoisotopic (exact) mass is 414 g/mol. The van der Waals surface area contributed by atoms with E-state index in [-0.39, 0.29) is 6.03 Å². The third kappa shape index (κ3) is 4.53. The summed E-state index contributed by atoms with van der Waals surface area (Å²) in [6, 6.07) is 7.57. The molecule has 30 heavy (non-hydrogen) atoms. The molecule has 2 aromatic rings. The fourth-order valence-electron chi connectivity index (χ4n) is 3.62. The topological polar surface area (TPSA) is 76.2 Å². The summed E-state index contributed by atoms with van der Waals surface area (Å²) in [5.74, 6) is 1.94. The third-order valence-electron chi connectivity index (χ3n) is 5.39. The summed E-state index contributed by atoms with van der Waals surface area (Å²) in [6.45, 7) is 6.63. The summed E-state index contributed by atoms with van der Waals surface area (Å²) in [6.07, 6.45) is 0.841. The zero-order valence-corrected chi connectivity index (χ0v) is 18.3.